The number of nitrogens with zero attached hydrogens (tertiary/aromatic N) is 1. The summed E-state index contributed by atoms with van der Waals surface area (Å²) in [6, 6.07) is 11.2. The van der Waals surface area contributed by atoms with E-state index >= 15 is 0 Å². The van der Waals surface area contributed by atoms with Crippen LogP contribution in [0.15, 0.2) is 47.4 Å². The molecule has 1 saturated heterocycles. The summed E-state index contributed by atoms with van der Waals surface area (Å²) in [7, 11) is -3.88. The summed E-state index contributed by atoms with van der Waals surface area (Å²) in [6.07, 6.45) is 3.00. The smallest absolute Gasteiger partial charge is 0.338 e. The van der Waals surface area contributed by atoms with Crippen molar-refractivity contribution in [2.24, 2.45) is 0 Å². The van der Waals surface area contributed by atoms with Crippen LogP contribution in [0, 0.1) is 13.8 Å². The van der Waals surface area contributed by atoms with E-state index in [4.69, 9.17) is 4.74 Å². The van der Waals surface area contributed by atoms with Crippen molar-refractivity contribution in [1.29, 1.82) is 0 Å². The molecule has 0 aromatic heterocycles. The monoisotopic (exact) mass is 430 g/mol. The zero-order chi connectivity index (χ0) is 21.7. The lowest BCUT2D eigenvalue weighted by atomic mass is 10.1. The van der Waals surface area contributed by atoms with Gasteiger partial charge in [0.15, 0.2) is 6.61 Å². The average molecular weight is 431 g/mol. The van der Waals surface area contributed by atoms with Gasteiger partial charge >= 0.3 is 5.97 Å². The number of likely N-dealkylation sites (tertiary alicyclic amines) is 1. The van der Waals surface area contributed by atoms with Gasteiger partial charge in [-0.05, 0) is 68.5 Å². The Labute approximate surface area is 177 Å². The molecule has 0 bridgehead atoms. The minimum absolute atomic E-state index is 0.0519. The van der Waals surface area contributed by atoms with Gasteiger partial charge in [-0.25, -0.2) is 13.2 Å². The first-order chi connectivity index (χ1) is 14.3. The van der Waals surface area contributed by atoms with E-state index in [9.17, 15) is 18.0 Å². The Balaban J connectivity index is 1.72. The highest BCUT2D eigenvalue weighted by atomic mass is 32.2. The van der Waals surface area contributed by atoms with E-state index in [0.29, 0.717) is 24.3 Å². The SMILES string of the molecule is Cc1cccc(NS(=O)(=O)c2ccc(C)c(C(=O)OCC(=O)N3CCCCC3)c2)c1. The van der Waals surface area contributed by atoms with Crippen LogP contribution in [0.4, 0.5) is 5.69 Å². The topological polar surface area (TPSA) is 92.8 Å². The number of ether oxygens (including phenoxy) is 1. The number of anilines is 1. The minimum atomic E-state index is -3.88. The standard InChI is InChI=1S/C22H26N2O5S/c1-16-7-6-8-18(13-16)23-30(27,28)19-10-9-17(2)20(14-19)22(26)29-15-21(25)24-11-4-3-5-12-24/h6-10,13-14,23H,3-5,11-12,15H2,1-2H3. The molecule has 0 atom stereocenters. The lowest BCUT2D eigenvalue weighted by Crippen LogP contribution is -2.38. The van der Waals surface area contributed by atoms with Crippen molar-refractivity contribution in [2.45, 2.75) is 38.0 Å². The Morgan fingerprint density at radius 3 is 2.47 bits per heavy atom. The van der Waals surface area contributed by atoms with Gasteiger partial charge in [0.2, 0.25) is 0 Å². The predicted molar refractivity (Wildman–Crippen MR) is 114 cm³/mol. The zero-order valence-corrected chi connectivity index (χ0v) is 18.0. The first-order valence-corrected chi connectivity index (χ1v) is 11.4. The molecular weight excluding hydrogens is 404 g/mol. The molecule has 8 heteroatoms. The molecule has 2 aromatic carbocycles. The summed E-state index contributed by atoms with van der Waals surface area (Å²) in [5.41, 5.74) is 2.04. The van der Waals surface area contributed by atoms with Crippen LogP contribution in [0.25, 0.3) is 0 Å². The molecule has 1 aliphatic heterocycles. The fourth-order valence-corrected chi connectivity index (χ4v) is 4.43. The zero-order valence-electron chi connectivity index (χ0n) is 17.2. The Hall–Kier alpha value is -2.87. The van der Waals surface area contributed by atoms with E-state index in [-0.39, 0.29) is 23.0 Å². The van der Waals surface area contributed by atoms with Crippen LogP contribution in [0.5, 0.6) is 0 Å². The number of benzene rings is 2. The number of rotatable bonds is 6. The Bertz CT molecular complexity index is 1040. The van der Waals surface area contributed by atoms with Gasteiger partial charge in [-0.1, -0.05) is 18.2 Å². The molecule has 1 aliphatic rings. The second-order valence-corrected chi connectivity index (χ2v) is 9.15. The third-order valence-corrected chi connectivity index (χ3v) is 6.42. The molecule has 0 radical (unpaired) electrons. The molecule has 1 N–H and O–H groups in total. The quantitative estimate of drug-likeness (QED) is 0.710. The molecule has 0 aliphatic carbocycles. The van der Waals surface area contributed by atoms with Crippen molar-refractivity contribution >= 4 is 27.6 Å². The van der Waals surface area contributed by atoms with Crippen molar-refractivity contribution in [2.75, 3.05) is 24.4 Å². The van der Waals surface area contributed by atoms with E-state index < -0.39 is 16.0 Å². The Morgan fingerprint density at radius 2 is 1.77 bits per heavy atom. The van der Waals surface area contributed by atoms with E-state index in [0.717, 1.165) is 24.8 Å². The number of aryl methyl sites for hydroxylation is 2. The van der Waals surface area contributed by atoms with E-state index in [1.165, 1.54) is 12.1 Å². The van der Waals surface area contributed by atoms with Crippen LogP contribution < -0.4 is 4.72 Å². The number of sulfonamides is 1. The van der Waals surface area contributed by atoms with Crippen LogP contribution in [0.2, 0.25) is 0 Å². The van der Waals surface area contributed by atoms with Crippen molar-refractivity contribution in [3.8, 4) is 0 Å². The third kappa shape index (κ3) is 5.38. The summed E-state index contributed by atoms with van der Waals surface area (Å²) in [6.45, 7) is 4.55. The second kappa shape index (κ2) is 9.30. The summed E-state index contributed by atoms with van der Waals surface area (Å²) in [4.78, 5) is 26.4. The minimum Gasteiger partial charge on any atom is -0.452 e. The van der Waals surface area contributed by atoms with Gasteiger partial charge in [-0.2, -0.15) is 0 Å². The molecule has 30 heavy (non-hydrogen) atoms. The third-order valence-electron chi connectivity index (χ3n) is 5.05. The molecule has 2 aromatic rings. The molecule has 7 nitrogen and oxygen atoms in total. The van der Waals surface area contributed by atoms with Crippen LogP contribution in [0.3, 0.4) is 0 Å². The number of hydrogen-bond donors (Lipinski definition) is 1. The molecule has 1 fully saturated rings. The van der Waals surface area contributed by atoms with Crippen molar-refractivity contribution < 1.29 is 22.7 Å². The molecule has 0 spiro atoms. The van der Waals surface area contributed by atoms with Gasteiger partial charge in [-0.3, -0.25) is 9.52 Å². The number of carbonyl (C=O) groups is 2. The molecule has 160 valence electrons. The second-order valence-electron chi connectivity index (χ2n) is 7.47. The summed E-state index contributed by atoms with van der Waals surface area (Å²) in [5, 5.41) is 0. The van der Waals surface area contributed by atoms with Gasteiger partial charge in [0.05, 0.1) is 10.5 Å². The summed E-state index contributed by atoms with van der Waals surface area (Å²) < 4.78 is 33.2. The summed E-state index contributed by atoms with van der Waals surface area (Å²) in [5.74, 6) is -0.948. The molecule has 0 saturated carbocycles. The van der Waals surface area contributed by atoms with Crippen molar-refractivity contribution in [1.82, 2.24) is 4.90 Å². The lowest BCUT2D eigenvalue weighted by Gasteiger charge is -2.26. The maximum Gasteiger partial charge on any atom is 0.338 e. The maximum absolute atomic E-state index is 12.7. The van der Waals surface area contributed by atoms with Crippen LogP contribution in [-0.2, 0) is 19.6 Å². The van der Waals surface area contributed by atoms with E-state index in [2.05, 4.69) is 4.72 Å². The first-order valence-electron chi connectivity index (χ1n) is 9.91. The average Bonchev–Trinajstić information content (AvgIpc) is 2.72. The Kier molecular flexibility index (Phi) is 6.77. The molecular formula is C22H26N2O5S. The fraction of sp³-hybridized carbons (Fsp3) is 0.364. The van der Waals surface area contributed by atoms with Gasteiger partial charge in [0, 0.05) is 18.8 Å². The number of nitrogens with one attached hydrogen (secondary N) is 1. The van der Waals surface area contributed by atoms with Crippen LogP contribution in [0.1, 0.15) is 40.7 Å². The highest BCUT2D eigenvalue weighted by Gasteiger charge is 2.22. The largest absolute Gasteiger partial charge is 0.452 e. The first kappa shape index (κ1) is 21.8. The van der Waals surface area contributed by atoms with Crippen molar-refractivity contribution in [3.05, 3.63) is 59.2 Å². The fourth-order valence-electron chi connectivity index (χ4n) is 3.35. The van der Waals surface area contributed by atoms with E-state index in [1.807, 2.05) is 13.0 Å². The number of piperidine rings is 1. The molecule has 1 heterocycles. The van der Waals surface area contributed by atoms with Crippen molar-refractivity contribution in [3.63, 3.8) is 0 Å². The van der Waals surface area contributed by atoms with Crippen LogP contribution >= 0.6 is 0 Å². The molecule has 3 rings (SSSR count). The van der Waals surface area contributed by atoms with E-state index in [1.54, 1.807) is 36.1 Å². The van der Waals surface area contributed by atoms with Gasteiger partial charge in [0.1, 0.15) is 0 Å². The van der Waals surface area contributed by atoms with Gasteiger partial charge < -0.3 is 9.64 Å². The highest BCUT2D eigenvalue weighted by Crippen LogP contribution is 2.21. The predicted octanol–water partition coefficient (Wildman–Crippen LogP) is 3.27. The Morgan fingerprint density at radius 1 is 1.03 bits per heavy atom. The van der Waals surface area contributed by atoms with Crippen LogP contribution in [-0.4, -0.2) is 44.9 Å². The number of esters is 1. The normalized spacial score (nSPS) is 14.3. The number of carbonyl (C=O) groups excluding carboxylic acids is 2. The lowest BCUT2D eigenvalue weighted by molar-refractivity contribution is -0.135. The summed E-state index contributed by atoms with van der Waals surface area (Å²) >= 11 is 0. The number of hydrogen-bond acceptors (Lipinski definition) is 5. The number of amides is 1. The maximum atomic E-state index is 12.7. The highest BCUT2D eigenvalue weighted by molar-refractivity contribution is 7.92. The van der Waals surface area contributed by atoms with Gasteiger partial charge in [0.25, 0.3) is 15.9 Å². The molecule has 0 unspecified atom stereocenters. The van der Waals surface area contributed by atoms with Gasteiger partial charge in [-0.15, -0.1) is 0 Å². The molecule has 1 amide bonds.